The molecule has 0 unspecified atom stereocenters. The van der Waals surface area contributed by atoms with Crippen molar-refractivity contribution in [2.24, 2.45) is 4.99 Å². The molecule has 0 aromatic rings. The van der Waals surface area contributed by atoms with Gasteiger partial charge in [0.25, 0.3) is 0 Å². The molecule has 0 aromatic heterocycles. The second-order valence-corrected chi connectivity index (χ2v) is 2.60. The number of nitrogens with zero attached hydrogens (tertiary/aromatic N) is 2. The summed E-state index contributed by atoms with van der Waals surface area (Å²) in [7, 11) is 1.70. The summed E-state index contributed by atoms with van der Waals surface area (Å²) >= 11 is 0. The van der Waals surface area contributed by atoms with Gasteiger partial charge in [0.2, 0.25) is 0 Å². The molecule has 1 heterocycles. The summed E-state index contributed by atoms with van der Waals surface area (Å²) in [5, 5.41) is 2.22. The summed E-state index contributed by atoms with van der Waals surface area (Å²) < 4.78 is 35.1. The Morgan fingerprint density at radius 2 is 2.25 bits per heavy atom. The zero-order chi connectivity index (χ0) is 9.19. The van der Waals surface area contributed by atoms with Gasteiger partial charge in [0.05, 0.1) is 6.54 Å². The molecule has 0 aliphatic carbocycles. The number of guanidine groups is 1. The Morgan fingerprint density at radius 1 is 1.58 bits per heavy atom. The Bertz CT molecular complexity index is 187. The number of aliphatic imine (C=N–C) groups is 1. The van der Waals surface area contributed by atoms with Crippen molar-refractivity contribution < 1.29 is 13.2 Å². The van der Waals surface area contributed by atoms with E-state index in [2.05, 4.69) is 10.3 Å². The molecule has 1 rings (SSSR count). The van der Waals surface area contributed by atoms with E-state index < -0.39 is 12.7 Å². The van der Waals surface area contributed by atoms with Gasteiger partial charge in [-0.15, -0.1) is 0 Å². The fraction of sp³-hybridized carbons (Fsp3) is 0.833. The highest BCUT2D eigenvalue weighted by Gasteiger charge is 2.28. The molecule has 0 atom stereocenters. The van der Waals surface area contributed by atoms with E-state index in [0.717, 1.165) is 0 Å². The molecular formula is C6H10F3N3. The van der Waals surface area contributed by atoms with Crippen molar-refractivity contribution in [2.45, 2.75) is 6.18 Å². The Labute approximate surface area is 68.3 Å². The maximum Gasteiger partial charge on any atom is 0.405 e. The molecule has 1 N–H and O–H groups in total. The van der Waals surface area contributed by atoms with Gasteiger partial charge in [0, 0.05) is 13.6 Å². The third-order valence-corrected chi connectivity index (χ3v) is 1.51. The highest BCUT2D eigenvalue weighted by molar-refractivity contribution is 5.81. The fourth-order valence-corrected chi connectivity index (χ4v) is 0.903. The van der Waals surface area contributed by atoms with Gasteiger partial charge in [-0.2, -0.15) is 13.2 Å². The highest BCUT2D eigenvalue weighted by Crippen LogP contribution is 2.12. The maximum atomic E-state index is 11.7. The Hall–Kier alpha value is -0.940. The predicted octanol–water partition coefficient (Wildman–Crippen LogP) is 0.440. The lowest BCUT2D eigenvalue weighted by Crippen LogP contribution is -2.40. The van der Waals surface area contributed by atoms with Gasteiger partial charge in [-0.25, -0.2) is 0 Å². The fourth-order valence-electron chi connectivity index (χ4n) is 0.903. The van der Waals surface area contributed by atoms with E-state index >= 15 is 0 Å². The third-order valence-electron chi connectivity index (χ3n) is 1.51. The summed E-state index contributed by atoms with van der Waals surface area (Å²) in [6.45, 7) is 0.229. The molecule has 1 aliphatic rings. The first kappa shape index (κ1) is 9.15. The lowest BCUT2D eigenvalue weighted by Gasteiger charge is -2.16. The quantitative estimate of drug-likeness (QED) is 0.635. The van der Waals surface area contributed by atoms with Crippen molar-refractivity contribution in [3.05, 3.63) is 0 Å². The number of hydrogen-bond acceptors (Lipinski definition) is 3. The normalized spacial score (nSPS) is 18.0. The molecule has 70 valence electrons. The average molecular weight is 181 g/mol. The summed E-state index contributed by atoms with van der Waals surface area (Å²) in [5.41, 5.74) is 0. The summed E-state index contributed by atoms with van der Waals surface area (Å²) in [6.07, 6.45) is -4.17. The Balaban J connectivity index is 2.32. The number of likely N-dealkylation sites (N-methyl/N-ethyl adjacent to an activating group) is 1. The van der Waals surface area contributed by atoms with Crippen LogP contribution >= 0.6 is 0 Å². The van der Waals surface area contributed by atoms with Crippen LogP contribution in [-0.4, -0.2) is 43.7 Å². The van der Waals surface area contributed by atoms with Crippen LogP contribution < -0.4 is 5.32 Å². The van der Waals surface area contributed by atoms with Crippen LogP contribution in [0.5, 0.6) is 0 Å². The number of alkyl halides is 3. The average Bonchev–Trinajstić information content (AvgIpc) is 2.29. The molecule has 0 saturated heterocycles. The van der Waals surface area contributed by atoms with Crippen molar-refractivity contribution in [1.29, 1.82) is 0 Å². The molecule has 0 bridgehead atoms. The lowest BCUT2D eigenvalue weighted by molar-refractivity contribution is -0.122. The maximum absolute atomic E-state index is 11.7. The minimum atomic E-state index is -4.17. The smallest absolute Gasteiger partial charge is 0.347 e. The van der Waals surface area contributed by atoms with Crippen LogP contribution in [0.1, 0.15) is 0 Å². The first-order chi connectivity index (χ1) is 5.49. The van der Waals surface area contributed by atoms with Crippen molar-refractivity contribution in [3.8, 4) is 0 Å². The second kappa shape index (κ2) is 3.20. The first-order valence-electron chi connectivity index (χ1n) is 3.55. The SMILES string of the molecule is CN1CCN=C1NCC(F)(F)F. The van der Waals surface area contributed by atoms with Crippen molar-refractivity contribution in [1.82, 2.24) is 10.2 Å². The van der Waals surface area contributed by atoms with Crippen LogP contribution in [0.4, 0.5) is 13.2 Å². The van der Waals surface area contributed by atoms with Crippen LogP contribution in [0, 0.1) is 0 Å². The largest absolute Gasteiger partial charge is 0.405 e. The second-order valence-electron chi connectivity index (χ2n) is 2.60. The number of halogens is 3. The number of rotatable bonds is 1. The highest BCUT2D eigenvalue weighted by atomic mass is 19.4. The van der Waals surface area contributed by atoms with E-state index in [1.165, 1.54) is 0 Å². The van der Waals surface area contributed by atoms with Gasteiger partial charge in [-0.05, 0) is 0 Å². The third kappa shape index (κ3) is 2.60. The van der Waals surface area contributed by atoms with E-state index in [1.54, 1.807) is 11.9 Å². The van der Waals surface area contributed by atoms with E-state index in [0.29, 0.717) is 19.0 Å². The van der Waals surface area contributed by atoms with E-state index in [9.17, 15) is 13.2 Å². The van der Waals surface area contributed by atoms with Gasteiger partial charge < -0.3 is 10.2 Å². The van der Waals surface area contributed by atoms with E-state index in [4.69, 9.17) is 0 Å². The van der Waals surface area contributed by atoms with Gasteiger partial charge >= 0.3 is 6.18 Å². The number of hydrogen-bond donors (Lipinski definition) is 1. The van der Waals surface area contributed by atoms with Crippen LogP contribution in [0.25, 0.3) is 0 Å². The summed E-state index contributed by atoms with van der Waals surface area (Å²) in [4.78, 5) is 5.51. The zero-order valence-corrected chi connectivity index (χ0v) is 6.65. The molecule has 0 radical (unpaired) electrons. The molecule has 0 aromatic carbocycles. The van der Waals surface area contributed by atoms with Crippen LogP contribution in [0.15, 0.2) is 4.99 Å². The van der Waals surface area contributed by atoms with Crippen molar-refractivity contribution in [2.75, 3.05) is 26.7 Å². The minimum absolute atomic E-state index is 0.326. The molecular weight excluding hydrogens is 171 g/mol. The van der Waals surface area contributed by atoms with E-state index in [1.807, 2.05) is 0 Å². The first-order valence-corrected chi connectivity index (χ1v) is 3.55. The summed E-state index contributed by atoms with van der Waals surface area (Å²) in [5.74, 6) is 0.326. The van der Waals surface area contributed by atoms with Gasteiger partial charge in [0.1, 0.15) is 6.54 Å². The molecule has 1 aliphatic heterocycles. The zero-order valence-electron chi connectivity index (χ0n) is 6.65. The van der Waals surface area contributed by atoms with Crippen LogP contribution in [0.2, 0.25) is 0 Å². The molecule has 0 fully saturated rings. The standard InChI is InChI=1S/C6H10F3N3/c1-12-3-2-10-5(12)11-4-6(7,8)9/h2-4H2,1H3,(H,10,11). The topological polar surface area (TPSA) is 27.6 Å². The van der Waals surface area contributed by atoms with Gasteiger partial charge in [-0.3, -0.25) is 4.99 Å². The van der Waals surface area contributed by atoms with Gasteiger partial charge in [0.15, 0.2) is 5.96 Å². The van der Waals surface area contributed by atoms with Crippen LogP contribution in [-0.2, 0) is 0 Å². The monoisotopic (exact) mass is 181 g/mol. The molecule has 0 amide bonds. The Morgan fingerprint density at radius 3 is 2.67 bits per heavy atom. The summed E-state index contributed by atoms with van der Waals surface area (Å²) in [6, 6.07) is 0. The predicted molar refractivity (Wildman–Crippen MR) is 39.0 cm³/mol. The lowest BCUT2D eigenvalue weighted by atomic mass is 10.6. The van der Waals surface area contributed by atoms with Crippen molar-refractivity contribution >= 4 is 5.96 Å². The van der Waals surface area contributed by atoms with E-state index in [-0.39, 0.29) is 0 Å². The number of nitrogens with one attached hydrogen (secondary N) is 1. The van der Waals surface area contributed by atoms with Gasteiger partial charge in [-0.1, -0.05) is 0 Å². The molecule has 12 heavy (non-hydrogen) atoms. The molecule has 0 spiro atoms. The molecule has 3 nitrogen and oxygen atoms in total. The molecule has 6 heteroatoms. The van der Waals surface area contributed by atoms with Crippen molar-refractivity contribution in [3.63, 3.8) is 0 Å². The minimum Gasteiger partial charge on any atom is -0.347 e. The van der Waals surface area contributed by atoms with Crippen LogP contribution in [0.3, 0.4) is 0 Å². The molecule has 0 saturated carbocycles. The Kier molecular flexibility index (Phi) is 2.44.